The quantitative estimate of drug-likeness (QED) is 0.912. The minimum absolute atomic E-state index is 0. The average Bonchev–Trinajstić information content (AvgIpc) is 2.40. The Morgan fingerprint density at radius 3 is 2.56 bits per heavy atom. The second kappa shape index (κ2) is 6.52. The highest BCUT2D eigenvalue weighted by molar-refractivity contribution is 7.89. The van der Waals surface area contributed by atoms with Crippen LogP contribution in [0.2, 0.25) is 0 Å². The first-order chi connectivity index (χ1) is 8.14. The molecule has 0 saturated carbocycles. The highest BCUT2D eigenvalue weighted by atomic mass is 35.5. The fourth-order valence-electron chi connectivity index (χ4n) is 1.96. The van der Waals surface area contributed by atoms with Crippen LogP contribution < -0.4 is 5.32 Å². The summed E-state index contributed by atoms with van der Waals surface area (Å²) in [4.78, 5) is 0.416. The van der Waals surface area contributed by atoms with E-state index >= 15 is 0 Å². The molecule has 4 nitrogen and oxygen atoms in total. The van der Waals surface area contributed by atoms with Crippen LogP contribution in [0, 0.1) is 0 Å². The molecule has 1 aliphatic rings. The van der Waals surface area contributed by atoms with Gasteiger partial charge in [0.25, 0.3) is 0 Å². The summed E-state index contributed by atoms with van der Waals surface area (Å²) in [5.74, 6) is 0. The Labute approximate surface area is 115 Å². The molecule has 6 heteroatoms. The van der Waals surface area contributed by atoms with Gasteiger partial charge in [-0.15, -0.1) is 12.4 Å². The van der Waals surface area contributed by atoms with E-state index in [1.165, 1.54) is 0 Å². The lowest BCUT2D eigenvalue weighted by molar-refractivity contribution is 0.360. The standard InChI is InChI=1S/C12H18N2O2S.ClH/c1-2-11-4-3-5-12(10-11)17(15,16)14-8-6-13-7-9-14;/h3-5,10,13H,2,6-9H2,1H3;1H. The molecule has 0 spiro atoms. The molecule has 0 atom stereocenters. The van der Waals surface area contributed by atoms with Crippen LogP contribution in [0.3, 0.4) is 0 Å². The Balaban J connectivity index is 0.00000162. The molecule has 1 fully saturated rings. The van der Waals surface area contributed by atoms with E-state index in [2.05, 4.69) is 5.32 Å². The molecular weight excluding hydrogens is 272 g/mol. The predicted octanol–water partition coefficient (Wildman–Crippen LogP) is 1.26. The van der Waals surface area contributed by atoms with E-state index in [9.17, 15) is 8.42 Å². The lowest BCUT2D eigenvalue weighted by Gasteiger charge is -2.26. The Bertz CT molecular complexity index is 485. The van der Waals surface area contributed by atoms with Gasteiger partial charge >= 0.3 is 0 Å². The third-order valence-electron chi connectivity index (χ3n) is 3.02. The van der Waals surface area contributed by atoms with Crippen molar-refractivity contribution in [1.82, 2.24) is 9.62 Å². The number of hydrogen-bond donors (Lipinski definition) is 1. The summed E-state index contributed by atoms with van der Waals surface area (Å²) in [5.41, 5.74) is 1.06. The fourth-order valence-corrected chi connectivity index (χ4v) is 3.47. The van der Waals surface area contributed by atoms with Crippen molar-refractivity contribution in [2.24, 2.45) is 0 Å². The third-order valence-corrected chi connectivity index (χ3v) is 4.92. The van der Waals surface area contributed by atoms with E-state index in [-0.39, 0.29) is 12.4 Å². The summed E-state index contributed by atoms with van der Waals surface area (Å²) in [5, 5.41) is 3.15. The molecule has 102 valence electrons. The van der Waals surface area contributed by atoms with Crippen molar-refractivity contribution in [1.29, 1.82) is 0 Å². The molecule has 0 unspecified atom stereocenters. The maximum Gasteiger partial charge on any atom is 0.243 e. The van der Waals surface area contributed by atoms with Crippen LogP contribution in [0.15, 0.2) is 29.2 Å². The van der Waals surface area contributed by atoms with E-state index in [1.807, 2.05) is 19.1 Å². The van der Waals surface area contributed by atoms with Crippen molar-refractivity contribution in [3.63, 3.8) is 0 Å². The maximum atomic E-state index is 12.4. The Morgan fingerprint density at radius 2 is 1.94 bits per heavy atom. The van der Waals surface area contributed by atoms with E-state index in [0.29, 0.717) is 18.0 Å². The van der Waals surface area contributed by atoms with Crippen LogP contribution in [-0.2, 0) is 16.4 Å². The number of halogens is 1. The van der Waals surface area contributed by atoms with Gasteiger partial charge in [-0.1, -0.05) is 19.1 Å². The highest BCUT2D eigenvalue weighted by Gasteiger charge is 2.25. The molecule has 0 amide bonds. The normalized spacial score (nSPS) is 17.2. The molecule has 0 aromatic heterocycles. The molecule has 0 aliphatic carbocycles. The van der Waals surface area contributed by atoms with Gasteiger partial charge in [0.05, 0.1) is 4.90 Å². The van der Waals surface area contributed by atoms with Crippen LogP contribution in [0.1, 0.15) is 12.5 Å². The zero-order valence-corrected chi connectivity index (χ0v) is 12.1. The minimum Gasteiger partial charge on any atom is -0.314 e. The van der Waals surface area contributed by atoms with E-state index in [1.54, 1.807) is 16.4 Å². The van der Waals surface area contributed by atoms with Crippen molar-refractivity contribution in [3.8, 4) is 0 Å². The van der Waals surface area contributed by atoms with Crippen molar-refractivity contribution in [2.75, 3.05) is 26.2 Å². The molecule has 18 heavy (non-hydrogen) atoms. The molecule has 1 aromatic rings. The first-order valence-corrected chi connectivity index (χ1v) is 7.38. The van der Waals surface area contributed by atoms with Gasteiger partial charge in [-0.05, 0) is 24.1 Å². The number of piperazine rings is 1. The van der Waals surface area contributed by atoms with Crippen LogP contribution >= 0.6 is 12.4 Å². The van der Waals surface area contributed by atoms with E-state index in [0.717, 1.165) is 25.1 Å². The summed E-state index contributed by atoms with van der Waals surface area (Å²) in [6, 6.07) is 7.22. The number of benzene rings is 1. The van der Waals surface area contributed by atoms with Crippen LogP contribution in [0.5, 0.6) is 0 Å². The van der Waals surface area contributed by atoms with Gasteiger partial charge in [-0.2, -0.15) is 4.31 Å². The first kappa shape index (κ1) is 15.4. The summed E-state index contributed by atoms with van der Waals surface area (Å²) >= 11 is 0. The fraction of sp³-hybridized carbons (Fsp3) is 0.500. The molecule has 1 aliphatic heterocycles. The predicted molar refractivity (Wildman–Crippen MR) is 74.7 cm³/mol. The lowest BCUT2D eigenvalue weighted by Crippen LogP contribution is -2.46. The van der Waals surface area contributed by atoms with Crippen molar-refractivity contribution in [3.05, 3.63) is 29.8 Å². The third kappa shape index (κ3) is 3.23. The number of sulfonamides is 1. The second-order valence-corrected chi connectivity index (χ2v) is 6.09. The lowest BCUT2D eigenvalue weighted by atomic mass is 10.2. The summed E-state index contributed by atoms with van der Waals surface area (Å²) in [6.45, 7) is 4.59. The molecular formula is C12H19ClN2O2S. The van der Waals surface area contributed by atoms with E-state index < -0.39 is 10.0 Å². The largest absolute Gasteiger partial charge is 0.314 e. The topological polar surface area (TPSA) is 49.4 Å². The second-order valence-electron chi connectivity index (χ2n) is 4.16. The van der Waals surface area contributed by atoms with Gasteiger partial charge in [-0.25, -0.2) is 8.42 Å². The Morgan fingerprint density at radius 1 is 1.28 bits per heavy atom. The van der Waals surface area contributed by atoms with Gasteiger partial charge in [0.15, 0.2) is 0 Å². The summed E-state index contributed by atoms with van der Waals surface area (Å²) in [7, 11) is -3.30. The van der Waals surface area contributed by atoms with Gasteiger partial charge in [0, 0.05) is 26.2 Å². The smallest absolute Gasteiger partial charge is 0.243 e. The number of nitrogens with zero attached hydrogens (tertiary/aromatic N) is 1. The highest BCUT2D eigenvalue weighted by Crippen LogP contribution is 2.17. The minimum atomic E-state index is -3.30. The maximum absolute atomic E-state index is 12.4. The van der Waals surface area contributed by atoms with Gasteiger partial charge < -0.3 is 5.32 Å². The monoisotopic (exact) mass is 290 g/mol. The number of hydrogen-bond acceptors (Lipinski definition) is 3. The number of nitrogens with one attached hydrogen (secondary N) is 1. The van der Waals surface area contributed by atoms with Crippen LogP contribution in [0.25, 0.3) is 0 Å². The molecule has 0 bridgehead atoms. The summed E-state index contributed by atoms with van der Waals surface area (Å²) < 4.78 is 26.3. The SMILES string of the molecule is CCc1cccc(S(=O)(=O)N2CCNCC2)c1.Cl. The molecule has 2 rings (SSSR count). The van der Waals surface area contributed by atoms with Crippen molar-refractivity contribution >= 4 is 22.4 Å². The Kier molecular flexibility index (Phi) is 5.59. The molecule has 1 saturated heterocycles. The van der Waals surface area contributed by atoms with Crippen molar-refractivity contribution < 1.29 is 8.42 Å². The number of aryl methyl sites for hydroxylation is 1. The molecule has 0 radical (unpaired) electrons. The molecule has 1 aromatic carbocycles. The Hall–Kier alpha value is -0.620. The average molecular weight is 291 g/mol. The summed E-state index contributed by atoms with van der Waals surface area (Å²) in [6.07, 6.45) is 0.852. The van der Waals surface area contributed by atoms with E-state index in [4.69, 9.17) is 0 Å². The van der Waals surface area contributed by atoms with Gasteiger partial charge in [0.2, 0.25) is 10.0 Å². The first-order valence-electron chi connectivity index (χ1n) is 5.94. The zero-order chi connectivity index (χ0) is 12.3. The molecule has 1 heterocycles. The van der Waals surface area contributed by atoms with Crippen molar-refractivity contribution in [2.45, 2.75) is 18.2 Å². The van der Waals surface area contributed by atoms with Gasteiger partial charge in [0.1, 0.15) is 0 Å². The van der Waals surface area contributed by atoms with Gasteiger partial charge in [-0.3, -0.25) is 0 Å². The number of rotatable bonds is 3. The van der Waals surface area contributed by atoms with Crippen LogP contribution in [0.4, 0.5) is 0 Å². The molecule has 1 N–H and O–H groups in total. The zero-order valence-electron chi connectivity index (χ0n) is 10.4. The van der Waals surface area contributed by atoms with Crippen LogP contribution in [-0.4, -0.2) is 38.9 Å².